The van der Waals surface area contributed by atoms with E-state index < -0.39 is 5.97 Å². The van der Waals surface area contributed by atoms with Crippen molar-refractivity contribution in [3.8, 4) is 17.1 Å². The Morgan fingerprint density at radius 2 is 1.95 bits per heavy atom. The highest BCUT2D eigenvalue weighted by molar-refractivity contribution is 5.94. The molecule has 0 saturated heterocycles. The van der Waals surface area contributed by atoms with Crippen LogP contribution in [0.15, 0.2) is 43.0 Å². The highest BCUT2D eigenvalue weighted by Crippen LogP contribution is 2.22. The Balaban J connectivity index is 2.18. The molecule has 20 heavy (non-hydrogen) atoms. The zero-order valence-corrected chi connectivity index (χ0v) is 10.6. The molecule has 100 valence electrons. The predicted molar refractivity (Wildman–Crippen MR) is 70.5 cm³/mol. The van der Waals surface area contributed by atoms with Gasteiger partial charge in [-0.3, -0.25) is 9.67 Å². The van der Waals surface area contributed by atoms with E-state index in [2.05, 4.69) is 15.2 Å². The first-order valence-corrected chi connectivity index (χ1v) is 5.88. The van der Waals surface area contributed by atoms with Gasteiger partial charge < -0.3 is 5.11 Å². The van der Waals surface area contributed by atoms with Crippen LogP contribution >= 0.6 is 0 Å². The molecule has 0 fully saturated rings. The lowest BCUT2D eigenvalue weighted by atomic mass is 10.2. The average molecular weight is 269 g/mol. The molecule has 0 aliphatic carbocycles. The second kappa shape index (κ2) is 4.61. The molecule has 3 aromatic heterocycles. The third-order valence-corrected chi connectivity index (χ3v) is 2.94. The molecule has 0 aliphatic rings. The van der Waals surface area contributed by atoms with Gasteiger partial charge >= 0.3 is 5.97 Å². The van der Waals surface area contributed by atoms with Gasteiger partial charge in [0.05, 0.1) is 11.4 Å². The van der Waals surface area contributed by atoms with Gasteiger partial charge in [0.2, 0.25) is 0 Å². The van der Waals surface area contributed by atoms with Gasteiger partial charge in [-0.2, -0.15) is 10.2 Å². The van der Waals surface area contributed by atoms with Gasteiger partial charge in [-0.1, -0.05) is 0 Å². The Labute approximate surface area is 114 Å². The predicted octanol–water partition coefficient (Wildman–Crippen LogP) is 1.37. The molecule has 0 aromatic carbocycles. The van der Waals surface area contributed by atoms with Gasteiger partial charge in [0.15, 0.2) is 0 Å². The van der Waals surface area contributed by atoms with E-state index in [9.17, 15) is 9.90 Å². The van der Waals surface area contributed by atoms with Crippen molar-refractivity contribution in [3.63, 3.8) is 0 Å². The van der Waals surface area contributed by atoms with Crippen molar-refractivity contribution in [2.24, 2.45) is 7.05 Å². The first kappa shape index (κ1) is 12.1. The van der Waals surface area contributed by atoms with Gasteiger partial charge in [0.25, 0.3) is 0 Å². The number of carboxylic acids is 1. The maximum absolute atomic E-state index is 11.4. The molecule has 0 unspecified atom stereocenters. The van der Waals surface area contributed by atoms with Crippen LogP contribution in [-0.4, -0.2) is 35.6 Å². The number of carbonyl (C=O) groups is 1. The summed E-state index contributed by atoms with van der Waals surface area (Å²) in [5.74, 6) is -1.03. The molecule has 1 N–H and O–H groups in total. The molecule has 0 atom stereocenters. The average Bonchev–Trinajstić information content (AvgIpc) is 3.05. The van der Waals surface area contributed by atoms with Crippen molar-refractivity contribution in [3.05, 3.63) is 48.5 Å². The number of nitrogens with zero attached hydrogens (tertiary/aromatic N) is 5. The standard InChI is InChI=1S/C13H11N5O2/c1-17-11(4-7-15-17)12-10(13(19)20)8-18(16-12)9-2-5-14-6-3-9/h2-8H,1H3,(H,19,20). The molecular formula is C13H11N5O2. The fourth-order valence-corrected chi connectivity index (χ4v) is 1.95. The molecule has 3 heterocycles. The number of hydrogen-bond acceptors (Lipinski definition) is 4. The van der Waals surface area contributed by atoms with Crippen LogP contribution in [0.4, 0.5) is 0 Å². The quantitative estimate of drug-likeness (QED) is 0.776. The number of aromatic carboxylic acids is 1. The van der Waals surface area contributed by atoms with Crippen LogP contribution in [-0.2, 0) is 7.05 Å². The fraction of sp³-hybridized carbons (Fsp3) is 0.0769. The Bertz CT molecular complexity index is 760. The van der Waals surface area contributed by atoms with Gasteiger partial charge in [-0.05, 0) is 18.2 Å². The second-order valence-electron chi connectivity index (χ2n) is 4.19. The van der Waals surface area contributed by atoms with Crippen molar-refractivity contribution in [2.75, 3.05) is 0 Å². The Morgan fingerprint density at radius 1 is 1.20 bits per heavy atom. The second-order valence-corrected chi connectivity index (χ2v) is 4.19. The van der Waals surface area contributed by atoms with E-state index in [1.165, 1.54) is 10.9 Å². The minimum Gasteiger partial charge on any atom is -0.478 e. The fourth-order valence-electron chi connectivity index (χ4n) is 1.95. The molecular weight excluding hydrogens is 258 g/mol. The van der Waals surface area contributed by atoms with Gasteiger partial charge in [0, 0.05) is 31.8 Å². The Hall–Kier alpha value is -2.96. The minimum atomic E-state index is -1.03. The minimum absolute atomic E-state index is 0.130. The van der Waals surface area contributed by atoms with Crippen LogP contribution in [0, 0.1) is 0 Å². The summed E-state index contributed by atoms with van der Waals surface area (Å²) in [7, 11) is 1.74. The number of aryl methyl sites for hydroxylation is 1. The van der Waals surface area contributed by atoms with E-state index in [0.717, 1.165) is 5.69 Å². The molecule has 3 rings (SSSR count). The zero-order valence-electron chi connectivity index (χ0n) is 10.6. The molecule has 0 bridgehead atoms. The van der Waals surface area contributed by atoms with Crippen molar-refractivity contribution in [1.29, 1.82) is 0 Å². The maximum atomic E-state index is 11.4. The summed E-state index contributed by atoms with van der Waals surface area (Å²) >= 11 is 0. The molecule has 0 radical (unpaired) electrons. The molecule has 0 saturated carbocycles. The highest BCUT2D eigenvalue weighted by Gasteiger charge is 2.19. The number of hydrogen-bond donors (Lipinski definition) is 1. The summed E-state index contributed by atoms with van der Waals surface area (Å²) < 4.78 is 3.11. The third kappa shape index (κ3) is 1.95. The summed E-state index contributed by atoms with van der Waals surface area (Å²) in [6.45, 7) is 0. The van der Waals surface area contributed by atoms with Crippen molar-refractivity contribution < 1.29 is 9.90 Å². The molecule has 0 aliphatic heterocycles. The maximum Gasteiger partial charge on any atom is 0.339 e. The number of pyridine rings is 1. The number of aromatic nitrogens is 5. The van der Waals surface area contributed by atoms with Gasteiger partial charge in [-0.25, -0.2) is 9.48 Å². The van der Waals surface area contributed by atoms with Crippen LogP contribution in [0.1, 0.15) is 10.4 Å². The normalized spacial score (nSPS) is 10.7. The van der Waals surface area contributed by atoms with Crippen molar-refractivity contribution in [2.45, 2.75) is 0 Å². The summed E-state index contributed by atoms with van der Waals surface area (Å²) in [6.07, 6.45) is 6.34. The van der Waals surface area contributed by atoms with Crippen molar-refractivity contribution in [1.82, 2.24) is 24.5 Å². The SMILES string of the molecule is Cn1nccc1-c1nn(-c2ccncc2)cc1C(=O)O. The van der Waals surface area contributed by atoms with E-state index >= 15 is 0 Å². The van der Waals surface area contributed by atoms with Crippen LogP contribution in [0.2, 0.25) is 0 Å². The molecule has 3 aromatic rings. The lowest BCUT2D eigenvalue weighted by Crippen LogP contribution is -2.00. The van der Waals surface area contributed by atoms with E-state index in [4.69, 9.17) is 0 Å². The van der Waals surface area contributed by atoms with E-state index in [-0.39, 0.29) is 5.56 Å². The molecule has 7 heteroatoms. The largest absolute Gasteiger partial charge is 0.478 e. The number of carboxylic acid groups (broad SMARTS) is 1. The summed E-state index contributed by atoms with van der Waals surface area (Å²) in [6, 6.07) is 5.24. The van der Waals surface area contributed by atoms with Crippen LogP contribution in [0.5, 0.6) is 0 Å². The topological polar surface area (TPSA) is 85.8 Å². The summed E-state index contributed by atoms with van der Waals surface area (Å²) in [5, 5.41) is 17.7. The molecule has 7 nitrogen and oxygen atoms in total. The van der Waals surface area contributed by atoms with E-state index in [0.29, 0.717) is 11.4 Å². The van der Waals surface area contributed by atoms with Crippen LogP contribution in [0.3, 0.4) is 0 Å². The summed E-state index contributed by atoms with van der Waals surface area (Å²) in [4.78, 5) is 15.3. The smallest absolute Gasteiger partial charge is 0.339 e. The monoisotopic (exact) mass is 269 g/mol. The van der Waals surface area contributed by atoms with Crippen LogP contribution < -0.4 is 0 Å². The summed E-state index contributed by atoms with van der Waals surface area (Å²) in [5.41, 5.74) is 1.91. The van der Waals surface area contributed by atoms with E-state index in [1.54, 1.807) is 48.5 Å². The third-order valence-electron chi connectivity index (χ3n) is 2.94. The van der Waals surface area contributed by atoms with Gasteiger partial charge in [-0.15, -0.1) is 0 Å². The molecule has 0 spiro atoms. The molecule has 0 amide bonds. The first-order valence-electron chi connectivity index (χ1n) is 5.88. The van der Waals surface area contributed by atoms with Gasteiger partial charge in [0.1, 0.15) is 11.3 Å². The number of rotatable bonds is 3. The van der Waals surface area contributed by atoms with Crippen molar-refractivity contribution >= 4 is 5.97 Å². The lowest BCUT2D eigenvalue weighted by molar-refractivity contribution is 0.0697. The highest BCUT2D eigenvalue weighted by atomic mass is 16.4. The lowest BCUT2D eigenvalue weighted by Gasteiger charge is -2.00. The Kier molecular flexibility index (Phi) is 2.79. The zero-order chi connectivity index (χ0) is 14.1. The Morgan fingerprint density at radius 3 is 2.55 bits per heavy atom. The first-order chi connectivity index (χ1) is 9.66. The van der Waals surface area contributed by atoms with Crippen LogP contribution in [0.25, 0.3) is 17.1 Å². The van der Waals surface area contributed by atoms with E-state index in [1.807, 2.05) is 0 Å².